The molecule has 0 spiro atoms. The molecule has 0 N–H and O–H groups in total. The van der Waals surface area contributed by atoms with Crippen molar-refractivity contribution in [2.45, 2.75) is 26.2 Å². The van der Waals surface area contributed by atoms with Crippen molar-refractivity contribution in [1.82, 2.24) is 9.55 Å². The van der Waals surface area contributed by atoms with Crippen molar-refractivity contribution in [3.8, 4) is 0 Å². The fourth-order valence-electron chi connectivity index (χ4n) is 1.08. The first-order chi connectivity index (χ1) is 4.93. The normalized spacial score (nSPS) is 12.1. The topological polar surface area (TPSA) is 17.8 Å². The van der Waals surface area contributed by atoms with Crippen LogP contribution in [0.15, 0.2) is 6.20 Å². The SMILES string of the molecule is Cn1c(C(C)(C)C)cnc1F. The molecule has 2 nitrogen and oxygen atoms in total. The number of aromatic nitrogens is 2. The first kappa shape index (κ1) is 8.24. The van der Waals surface area contributed by atoms with Crippen LogP contribution in [0, 0.1) is 6.08 Å². The van der Waals surface area contributed by atoms with E-state index in [2.05, 4.69) is 4.98 Å². The van der Waals surface area contributed by atoms with Gasteiger partial charge in [0.05, 0.1) is 6.20 Å². The highest BCUT2D eigenvalue weighted by atomic mass is 19.1. The van der Waals surface area contributed by atoms with Crippen LogP contribution in [0.5, 0.6) is 0 Å². The maximum atomic E-state index is 12.7. The molecular weight excluding hydrogens is 143 g/mol. The third kappa shape index (κ3) is 1.42. The Morgan fingerprint density at radius 3 is 2.18 bits per heavy atom. The average Bonchev–Trinajstić information content (AvgIpc) is 2.11. The van der Waals surface area contributed by atoms with E-state index < -0.39 is 6.08 Å². The molecule has 3 heteroatoms. The number of nitrogens with zero attached hydrogens (tertiary/aromatic N) is 2. The summed E-state index contributed by atoms with van der Waals surface area (Å²) in [6.45, 7) is 6.09. The lowest BCUT2D eigenvalue weighted by Gasteiger charge is -2.18. The molecule has 0 aliphatic rings. The number of imidazole rings is 1. The van der Waals surface area contributed by atoms with Crippen LogP contribution in [0.2, 0.25) is 0 Å². The largest absolute Gasteiger partial charge is 0.307 e. The Labute approximate surface area is 66.1 Å². The van der Waals surface area contributed by atoms with E-state index >= 15 is 0 Å². The fraction of sp³-hybridized carbons (Fsp3) is 0.625. The molecule has 0 aromatic carbocycles. The molecule has 0 fully saturated rings. The van der Waals surface area contributed by atoms with Crippen LogP contribution in [-0.2, 0) is 12.5 Å². The number of hydrogen-bond donors (Lipinski definition) is 0. The standard InChI is InChI=1S/C8H13FN2/c1-8(2,3)6-5-10-7(9)11(6)4/h5H,1-4H3. The van der Waals surface area contributed by atoms with Crippen LogP contribution in [0.3, 0.4) is 0 Å². The summed E-state index contributed by atoms with van der Waals surface area (Å²) >= 11 is 0. The Bertz CT molecular complexity index is 258. The van der Waals surface area contributed by atoms with Crippen LogP contribution in [0.1, 0.15) is 26.5 Å². The van der Waals surface area contributed by atoms with Gasteiger partial charge in [0.15, 0.2) is 0 Å². The first-order valence-corrected chi connectivity index (χ1v) is 3.60. The Morgan fingerprint density at radius 2 is 2.00 bits per heavy atom. The molecule has 0 bridgehead atoms. The highest BCUT2D eigenvalue weighted by Crippen LogP contribution is 2.21. The van der Waals surface area contributed by atoms with E-state index in [0.29, 0.717) is 0 Å². The van der Waals surface area contributed by atoms with Crippen molar-refractivity contribution in [2.75, 3.05) is 0 Å². The molecule has 0 atom stereocenters. The lowest BCUT2D eigenvalue weighted by molar-refractivity contribution is 0.464. The lowest BCUT2D eigenvalue weighted by atomic mass is 9.93. The summed E-state index contributed by atoms with van der Waals surface area (Å²) in [4.78, 5) is 3.58. The minimum absolute atomic E-state index is 0.0356. The molecule has 0 unspecified atom stereocenters. The summed E-state index contributed by atoms with van der Waals surface area (Å²) in [7, 11) is 1.68. The van der Waals surface area contributed by atoms with Gasteiger partial charge in [-0.15, -0.1) is 0 Å². The minimum Gasteiger partial charge on any atom is -0.307 e. The molecule has 0 saturated heterocycles. The predicted octanol–water partition coefficient (Wildman–Crippen LogP) is 1.86. The van der Waals surface area contributed by atoms with E-state index in [1.807, 2.05) is 20.8 Å². The summed E-state index contributed by atoms with van der Waals surface area (Å²) in [6, 6.07) is 0. The van der Waals surface area contributed by atoms with Gasteiger partial charge in [0, 0.05) is 18.2 Å². The van der Waals surface area contributed by atoms with Gasteiger partial charge in [0.25, 0.3) is 6.08 Å². The van der Waals surface area contributed by atoms with Crippen LogP contribution in [0.4, 0.5) is 4.39 Å². The van der Waals surface area contributed by atoms with Gasteiger partial charge in [0.1, 0.15) is 0 Å². The van der Waals surface area contributed by atoms with Crippen LogP contribution < -0.4 is 0 Å². The quantitative estimate of drug-likeness (QED) is 0.560. The van der Waals surface area contributed by atoms with Gasteiger partial charge in [-0.1, -0.05) is 20.8 Å². The van der Waals surface area contributed by atoms with Crippen molar-refractivity contribution in [3.63, 3.8) is 0 Å². The molecule has 0 aliphatic heterocycles. The van der Waals surface area contributed by atoms with E-state index in [4.69, 9.17) is 0 Å². The summed E-state index contributed by atoms with van der Waals surface area (Å²) < 4.78 is 14.2. The van der Waals surface area contributed by atoms with Crippen molar-refractivity contribution in [2.24, 2.45) is 7.05 Å². The van der Waals surface area contributed by atoms with Gasteiger partial charge >= 0.3 is 0 Å². The molecule has 1 aromatic heterocycles. The van der Waals surface area contributed by atoms with Crippen molar-refractivity contribution in [3.05, 3.63) is 18.0 Å². The zero-order valence-electron chi connectivity index (χ0n) is 7.35. The summed E-state index contributed by atoms with van der Waals surface area (Å²) in [6.07, 6.45) is 1.16. The second-order valence-corrected chi connectivity index (χ2v) is 3.72. The third-order valence-electron chi connectivity index (χ3n) is 1.70. The van der Waals surface area contributed by atoms with Gasteiger partial charge in [-0.25, -0.2) is 4.98 Å². The molecule has 62 valence electrons. The zero-order chi connectivity index (χ0) is 8.65. The predicted molar refractivity (Wildman–Crippen MR) is 41.9 cm³/mol. The molecule has 0 saturated carbocycles. The van der Waals surface area contributed by atoms with Gasteiger partial charge in [0.2, 0.25) is 0 Å². The van der Waals surface area contributed by atoms with Crippen molar-refractivity contribution < 1.29 is 4.39 Å². The third-order valence-corrected chi connectivity index (χ3v) is 1.70. The molecule has 11 heavy (non-hydrogen) atoms. The molecule has 0 radical (unpaired) electrons. The Hall–Kier alpha value is -0.860. The second-order valence-electron chi connectivity index (χ2n) is 3.72. The van der Waals surface area contributed by atoms with E-state index in [1.54, 1.807) is 13.2 Å². The smallest absolute Gasteiger partial charge is 0.289 e. The van der Waals surface area contributed by atoms with Crippen molar-refractivity contribution in [1.29, 1.82) is 0 Å². The number of rotatable bonds is 0. The zero-order valence-corrected chi connectivity index (χ0v) is 7.35. The molecule has 1 rings (SSSR count). The van der Waals surface area contributed by atoms with Crippen LogP contribution in [-0.4, -0.2) is 9.55 Å². The van der Waals surface area contributed by atoms with E-state index in [9.17, 15) is 4.39 Å². The Morgan fingerprint density at radius 1 is 1.45 bits per heavy atom. The molecular formula is C8H13FN2. The minimum atomic E-state index is -0.421. The van der Waals surface area contributed by atoms with Crippen LogP contribution >= 0.6 is 0 Å². The van der Waals surface area contributed by atoms with Gasteiger partial charge < -0.3 is 4.57 Å². The Kier molecular flexibility index (Phi) is 1.74. The fourth-order valence-corrected chi connectivity index (χ4v) is 1.08. The van der Waals surface area contributed by atoms with E-state index in [-0.39, 0.29) is 5.41 Å². The van der Waals surface area contributed by atoms with Gasteiger partial charge in [-0.05, 0) is 0 Å². The summed E-state index contributed by atoms with van der Waals surface area (Å²) in [5.74, 6) is 0. The number of hydrogen-bond acceptors (Lipinski definition) is 1. The number of halogens is 1. The monoisotopic (exact) mass is 156 g/mol. The average molecular weight is 156 g/mol. The molecule has 0 amide bonds. The Balaban J connectivity index is 3.15. The maximum Gasteiger partial charge on any atom is 0.289 e. The lowest BCUT2D eigenvalue weighted by Crippen LogP contribution is -2.16. The molecule has 1 heterocycles. The summed E-state index contributed by atoms with van der Waals surface area (Å²) in [5, 5.41) is 0. The first-order valence-electron chi connectivity index (χ1n) is 3.60. The summed E-state index contributed by atoms with van der Waals surface area (Å²) in [5.41, 5.74) is 0.876. The van der Waals surface area contributed by atoms with Crippen molar-refractivity contribution >= 4 is 0 Å². The van der Waals surface area contributed by atoms with E-state index in [0.717, 1.165) is 5.69 Å². The van der Waals surface area contributed by atoms with E-state index in [1.165, 1.54) is 4.57 Å². The van der Waals surface area contributed by atoms with Gasteiger partial charge in [-0.3, -0.25) is 0 Å². The second kappa shape index (κ2) is 2.32. The van der Waals surface area contributed by atoms with Crippen LogP contribution in [0.25, 0.3) is 0 Å². The highest BCUT2D eigenvalue weighted by molar-refractivity contribution is 5.10. The van der Waals surface area contributed by atoms with Gasteiger partial charge in [-0.2, -0.15) is 4.39 Å². The maximum absolute atomic E-state index is 12.7. The molecule has 1 aromatic rings. The highest BCUT2D eigenvalue weighted by Gasteiger charge is 2.19. The molecule has 0 aliphatic carbocycles.